The van der Waals surface area contributed by atoms with E-state index in [0.29, 0.717) is 15.9 Å². The number of thioether (sulfide) groups is 1. The Balaban J connectivity index is 1.96. The van der Waals surface area contributed by atoms with Crippen LogP contribution in [0.4, 0.5) is 11.6 Å². The van der Waals surface area contributed by atoms with E-state index in [0.717, 1.165) is 0 Å². The summed E-state index contributed by atoms with van der Waals surface area (Å²) in [5.41, 5.74) is 6.07. The molecular weight excluding hydrogens is 286 g/mol. The molecule has 1 aromatic carbocycles. The molecule has 0 aliphatic heterocycles. The van der Waals surface area contributed by atoms with E-state index < -0.39 is 0 Å². The second-order valence-corrected chi connectivity index (χ2v) is 5.51. The van der Waals surface area contributed by atoms with Gasteiger partial charge in [-0.25, -0.2) is 5.10 Å². The zero-order chi connectivity index (χ0) is 13.8. The molecule has 0 aliphatic carbocycles. The zero-order valence-electron chi connectivity index (χ0n) is 10.1. The van der Waals surface area contributed by atoms with Gasteiger partial charge in [0.2, 0.25) is 17.0 Å². The van der Waals surface area contributed by atoms with Gasteiger partial charge in [-0.2, -0.15) is 4.98 Å². The summed E-state index contributed by atoms with van der Waals surface area (Å²) in [6.07, 6.45) is 0. The van der Waals surface area contributed by atoms with Gasteiger partial charge in [0, 0.05) is 10.7 Å². The molecule has 2 aromatic rings. The predicted octanol–water partition coefficient (Wildman–Crippen LogP) is 2.16. The lowest BCUT2D eigenvalue weighted by Crippen LogP contribution is -2.22. The lowest BCUT2D eigenvalue weighted by molar-refractivity contribution is -0.115. The van der Waals surface area contributed by atoms with Gasteiger partial charge in [-0.05, 0) is 25.1 Å². The number of carbonyl (C=O) groups excluding carboxylic acids is 1. The fraction of sp³-hybridized carbons (Fsp3) is 0.182. The van der Waals surface area contributed by atoms with E-state index in [1.54, 1.807) is 31.2 Å². The standard InChI is InChI=1S/C11H12ClN5OS/c1-6(19-11-15-10(13)16-17-11)9(18)14-8-4-2-3-7(12)5-8/h2-6H,1H3,(H,14,18)(H3,13,15,16,17)/t6-/m1/s1. The van der Waals surface area contributed by atoms with Crippen LogP contribution in [0.5, 0.6) is 0 Å². The second-order valence-electron chi connectivity index (χ2n) is 3.76. The van der Waals surface area contributed by atoms with E-state index >= 15 is 0 Å². The summed E-state index contributed by atoms with van der Waals surface area (Å²) in [5.74, 6) is 0.0700. The van der Waals surface area contributed by atoms with E-state index in [2.05, 4.69) is 20.5 Å². The molecule has 100 valence electrons. The largest absolute Gasteiger partial charge is 0.368 e. The maximum Gasteiger partial charge on any atom is 0.237 e. The average molecular weight is 298 g/mol. The fourth-order valence-corrected chi connectivity index (χ4v) is 2.25. The number of nitrogens with two attached hydrogens (primary N) is 1. The molecule has 0 aliphatic rings. The summed E-state index contributed by atoms with van der Waals surface area (Å²) in [6.45, 7) is 1.76. The molecule has 1 amide bonds. The number of benzene rings is 1. The highest BCUT2D eigenvalue weighted by Crippen LogP contribution is 2.21. The van der Waals surface area contributed by atoms with Crippen molar-refractivity contribution in [1.82, 2.24) is 15.2 Å². The SMILES string of the molecule is C[C@@H](Sc1n[nH]c(N)n1)C(=O)Nc1cccc(Cl)c1. The molecule has 1 heterocycles. The van der Waals surface area contributed by atoms with Gasteiger partial charge >= 0.3 is 0 Å². The number of aromatic nitrogens is 3. The zero-order valence-corrected chi connectivity index (χ0v) is 11.6. The van der Waals surface area contributed by atoms with Crippen LogP contribution in [0.25, 0.3) is 0 Å². The van der Waals surface area contributed by atoms with Crippen LogP contribution in [0, 0.1) is 0 Å². The van der Waals surface area contributed by atoms with Gasteiger partial charge in [0.05, 0.1) is 5.25 Å². The number of rotatable bonds is 4. The van der Waals surface area contributed by atoms with Crippen molar-refractivity contribution < 1.29 is 4.79 Å². The fourth-order valence-electron chi connectivity index (χ4n) is 1.33. The van der Waals surface area contributed by atoms with Crippen LogP contribution in [-0.2, 0) is 4.79 Å². The van der Waals surface area contributed by atoms with E-state index in [4.69, 9.17) is 17.3 Å². The number of halogens is 1. The first-order chi connectivity index (χ1) is 9.04. The van der Waals surface area contributed by atoms with Gasteiger partial charge in [-0.1, -0.05) is 29.4 Å². The lowest BCUT2D eigenvalue weighted by Gasteiger charge is -2.10. The van der Waals surface area contributed by atoms with Crippen molar-refractivity contribution in [2.24, 2.45) is 0 Å². The number of nitrogens with one attached hydrogen (secondary N) is 2. The number of nitrogens with zero attached hydrogens (tertiary/aromatic N) is 2. The molecule has 0 spiro atoms. The van der Waals surface area contributed by atoms with Gasteiger partial charge in [0.15, 0.2) is 0 Å². The van der Waals surface area contributed by atoms with Crippen molar-refractivity contribution in [2.75, 3.05) is 11.1 Å². The average Bonchev–Trinajstić information content (AvgIpc) is 2.74. The van der Waals surface area contributed by atoms with Crippen molar-refractivity contribution in [3.05, 3.63) is 29.3 Å². The van der Waals surface area contributed by atoms with Gasteiger partial charge in [-0.15, -0.1) is 5.10 Å². The minimum atomic E-state index is -0.353. The first kappa shape index (κ1) is 13.7. The monoisotopic (exact) mass is 297 g/mol. The van der Waals surface area contributed by atoms with Crippen molar-refractivity contribution in [3.8, 4) is 0 Å². The molecule has 0 radical (unpaired) electrons. The highest BCUT2D eigenvalue weighted by Gasteiger charge is 2.17. The number of amides is 1. The van der Waals surface area contributed by atoms with Crippen LogP contribution >= 0.6 is 23.4 Å². The number of nitrogen functional groups attached to an aromatic ring is 1. The van der Waals surface area contributed by atoms with Gasteiger partial charge in [-0.3, -0.25) is 4.79 Å². The first-order valence-corrected chi connectivity index (χ1v) is 6.71. The molecule has 0 bridgehead atoms. The second kappa shape index (κ2) is 5.94. The molecule has 8 heteroatoms. The van der Waals surface area contributed by atoms with Crippen LogP contribution in [0.2, 0.25) is 5.02 Å². The lowest BCUT2D eigenvalue weighted by atomic mass is 10.3. The summed E-state index contributed by atoms with van der Waals surface area (Å²) in [4.78, 5) is 15.9. The molecule has 1 aromatic heterocycles. The molecule has 0 unspecified atom stereocenters. The molecular formula is C11H12ClN5OS. The van der Waals surface area contributed by atoms with Crippen LogP contribution in [0.15, 0.2) is 29.4 Å². The Morgan fingerprint density at radius 3 is 3.00 bits per heavy atom. The summed E-state index contributed by atoms with van der Waals surface area (Å²) in [6, 6.07) is 6.96. The van der Waals surface area contributed by atoms with E-state index in [1.165, 1.54) is 11.8 Å². The number of carbonyl (C=O) groups is 1. The number of hydrogen-bond acceptors (Lipinski definition) is 5. The van der Waals surface area contributed by atoms with Gasteiger partial charge < -0.3 is 11.1 Å². The van der Waals surface area contributed by atoms with Crippen molar-refractivity contribution in [1.29, 1.82) is 0 Å². The highest BCUT2D eigenvalue weighted by molar-refractivity contribution is 8.00. The molecule has 19 heavy (non-hydrogen) atoms. The number of aromatic amines is 1. The molecule has 0 fully saturated rings. The summed E-state index contributed by atoms with van der Waals surface area (Å²) >= 11 is 7.06. The maximum absolute atomic E-state index is 12.0. The maximum atomic E-state index is 12.0. The van der Waals surface area contributed by atoms with Gasteiger partial charge in [0.25, 0.3) is 0 Å². The van der Waals surface area contributed by atoms with Crippen LogP contribution < -0.4 is 11.1 Å². The van der Waals surface area contributed by atoms with E-state index in [9.17, 15) is 4.79 Å². The Labute approximate surface area is 119 Å². The molecule has 6 nitrogen and oxygen atoms in total. The Bertz CT molecular complexity index is 588. The Morgan fingerprint density at radius 2 is 2.37 bits per heavy atom. The van der Waals surface area contributed by atoms with Crippen LogP contribution in [0.3, 0.4) is 0 Å². The smallest absolute Gasteiger partial charge is 0.237 e. The minimum Gasteiger partial charge on any atom is -0.368 e. The Kier molecular flexibility index (Phi) is 4.28. The van der Waals surface area contributed by atoms with Crippen molar-refractivity contribution in [2.45, 2.75) is 17.3 Å². The molecule has 0 saturated heterocycles. The van der Waals surface area contributed by atoms with Crippen LogP contribution in [0.1, 0.15) is 6.92 Å². The third-order valence-corrected chi connectivity index (χ3v) is 3.42. The molecule has 0 saturated carbocycles. The highest BCUT2D eigenvalue weighted by atomic mass is 35.5. The normalized spacial score (nSPS) is 12.1. The molecule has 4 N–H and O–H groups in total. The Hall–Kier alpha value is -1.73. The van der Waals surface area contributed by atoms with Crippen molar-refractivity contribution >= 4 is 40.9 Å². The van der Waals surface area contributed by atoms with Crippen molar-refractivity contribution in [3.63, 3.8) is 0 Å². The first-order valence-electron chi connectivity index (χ1n) is 5.45. The summed E-state index contributed by atoms with van der Waals surface area (Å²) < 4.78 is 0. The molecule has 2 rings (SSSR count). The Morgan fingerprint density at radius 1 is 1.58 bits per heavy atom. The topological polar surface area (TPSA) is 96.7 Å². The molecule has 1 atom stereocenters. The number of anilines is 2. The number of H-pyrrole nitrogens is 1. The quantitative estimate of drug-likeness (QED) is 0.751. The van der Waals surface area contributed by atoms with Gasteiger partial charge in [0.1, 0.15) is 0 Å². The predicted molar refractivity (Wildman–Crippen MR) is 76.2 cm³/mol. The summed E-state index contributed by atoms with van der Waals surface area (Å²) in [5, 5.41) is 9.80. The third kappa shape index (κ3) is 3.87. The number of hydrogen-bond donors (Lipinski definition) is 3. The minimum absolute atomic E-state index is 0.157. The van der Waals surface area contributed by atoms with Crippen LogP contribution in [-0.4, -0.2) is 26.3 Å². The van der Waals surface area contributed by atoms with E-state index in [1.807, 2.05) is 0 Å². The summed E-state index contributed by atoms with van der Waals surface area (Å²) in [7, 11) is 0. The van der Waals surface area contributed by atoms with E-state index in [-0.39, 0.29) is 17.1 Å². The third-order valence-electron chi connectivity index (χ3n) is 2.23.